The smallest absolute Gasteiger partial charge is 0.304 e. The topological polar surface area (TPSA) is 40.5 Å². The molecule has 0 aromatic heterocycles. The molecule has 0 atom stereocenters. The summed E-state index contributed by atoms with van der Waals surface area (Å²) >= 11 is 5.86. The number of aliphatic carboxylic acids is 1. The Hall–Kier alpha value is -1.06. The fourth-order valence-corrected chi connectivity index (χ4v) is 2.08. The average Bonchev–Trinajstić information content (AvgIpc) is 2.38. The molecule has 1 aromatic rings. The number of carboxylic acids is 1. The molecule has 0 spiro atoms. The average molecular weight is 284 g/mol. The molecule has 1 aromatic carbocycles. The van der Waals surface area contributed by atoms with E-state index in [2.05, 4.69) is 11.8 Å². The summed E-state index contributed by atoms with van der Waals surface area (Å²) in [5.74, 6) is -0.739. The SMILES string of the molecule is CCCCCN(CCC(=O)O)Cc1ccc(Cl)cc1. The molecule has 0 aliphatic rings. The van der Waals surface area contributed by atoms with Crippen molar-refractivity contribution in [3.8, 4) is 0 Å². The van der Waals surface area contributed by atoms with E-state index in [-0.39, 0.29) is 6.42 Å². The van der Waals surface area contributed by atoms with Crippen molar-refractivity contribution in [2.45, 2.75) is 39.2 Å². The Balaban J connectivity index is 2.51. The van der Waals surface area contributed by atoms with Gasteiger partial charge in [0.25, 0.3) is 0 Å². The Kier molecular flexibility index (Phi) is 7.53. The van der Waals surface area contributed by atoms with Crippen LogP contribution >= 0.6 is 11.6 Å². The van der Waals surface area contributed by atoms with E-state index in [4.69, 9.17) is 16.7 Å². The number of halogens is 1. The van der Waals surface area contributed by atoms with Crippen LogP contribution in [-0.2, 0) is 11.3 Å². The lowest BCUT2D eigenvalue weighted by Gasteiger charge is -2.21. The van der Waals surface area contributed by atoms with Gasteiger partial charge in [0.1, 0.15) is 0 Å². The Labute approximate surface area is 120 Å². The van der Waals surface area contributed by atoms with Crippen molar-refractivity contribution < 1.29 is 9.90 Å². The fraction of sp³-hybridized carbons (Fsp3) is 0.533. The number of unbranched alkanes of at least 4 members (excludes halogenated alkanes) is 2. The maximum absolute atomic E-state index is 10.7. The molecule has 0 fully saturated rings. The second-order valence-electron chi connectivity index (χ2n) is 4.75. The highest BCUT2D eigenvalue weighted by Crippen LogP contribution is 2.12. The Morgan fingerprint density at radius 1 is 1.21 bits per heavy atom. The molecule has 0 amide bonds. The summed E-state index contributed by atoms with van der Waals surface area (Å²) in [5.41, 5.74) is 1.17. The Morgan fingerprint density at radius 3 is 2.47 bits per heavy atom. The largest absolute Gasteiger partial charge is 0.481 e. The van der Waals surface area contributed by atoms with Crippen molar-refractivity contribution in [3.05, 3.63) is 34.9 Å². The summed E-state index contributed by atoms with van der Waals surface area (Å²) in [5, 5.41) is 9.52. The third kappa shape index (κ3) is 7.19. The monoisotopic (exact) mass is 283 g/mol. The lowest BCUT2D eigenvalue weighted by atomic mass is 10.2. The van der Waals surface area contributed by atoms with Crippen LogP contribution in [0.15, 0.2) is 24.3 Å². The fourth-order valence-electron chi connectivity index (χ4n) is 1.96. The number of benzene rings is 1. The van der Waals surface area contributed by atoms with E-state index < -0.39 is 5.97 Å². The van der Waals surface area contributed by atoms with Crippen LogP contribution in [0.25, 0.3) is 0 Å². The molecular formula is C15H22ClNO2. The van der Waals surface area contributed by atoms with Gasteiger partial charge in [-0.2, -0.15) is 0 Å². The molecule has 1 rings (SSSR count). The molecule has 106 valence electrons. The van der Waals surface area contributed by atoms with Crippen LogP contribution in [0.1, 0.15) is 38.2 Å². The maximum Gasteiger partial charge on any atom is 0.304 e. The van der Waals surface area contributed by atoms with Gasteiger partial charge >= 0.3 is 5.97 Å². The first kappa shape index (κ1) is 16.0. The van der Waals surface area contributed by atoms with Gasteiger partial charge in [-0.25, -0.2) is 0 Å². The number of carbonyl (C=O) groups is 1. The van der Waals surface area contributed by atoms with Gasteiger partial charge in [-0.1, -0.05) is 43.5 Å². The van der Waals surface area contributed by atoms with E-state index in [0.29, 0.717) is 6.54 Å². The van der Waals surface area contributed by atoms with E-state index >= 15 is 0 Å². The summed E-state index contributed by atoms with van der Waals surface area (Å²) in [6.45, 7) is 4.50. The zero-order valence-corrected chi connectivity index (χ0v) is 12.2. The van der Waals surface area contributed by atoms with E-state index in [1.165, 1.54) is 18.4 Å². The lowest BCUT2D eigenvalue weighted by molar-refractivity contribution is -0.137. The highest BCUT2D eigenvalue weighted by atomic mass is 35.5. The molecule has 19 heavy (non-hydrogen) atoms. The van der Waals surface area contributed by atoms with Crippen molar-refractivity contribution in [2.75, 3.05) is 13.1 Å². The predicted octanol–water partition coefficient (Wildman–Crippen LogP) is 3.81. The summed E-state index contributed by atoms with van der Waals surface area (Å²) in [6, 6.07) is 7.74. The van der Waals surface area contributed by atoms with Gasteiger partial charge in [-0.15, -0.1) is 0 Å². The quantitative estimate of drug-likeness (QED) is 0.701. The second-order valence-corrected chi connectivity index (χ2v) is 5.19. The Bertz CT molecular complexity index is 378. The first-order chi connectivity index (χ1) is 9.11. The maximum atomic E-state index is 10.7. The van der Waals surface area contributed by atoms with Crippen molar-refractivity contribution in [1.29, 1.82) is 0 Å². The van der Waals surface area contributed by atoms with Gasteiger partial charge in [-0.05, 0) is 30.7 Å². The molecule has 0 bridgehead atoms. The number of nitrogens with zero attached hydrogens (tertiary/aromatic N) is 1. The molecule has 0 aliphatic carbocycles. The first-order valence-electron chi connectivity index (χ1n) is 6.80. The highest BCUT2D eigenvalue weighted by Gasteiger charge is 2.08. The van der Waals surface area contributed by atoms with Gasteiger partial charge < -0.3 is 5.11 Å². The summed E-state index contributed by atoms with van der Waals surface area (Å²) in [7, 11) is 0. The molecule has 0 radical (unpaired) electrons. The number of carboxylic acid groups (broad SMARTS) is 1. The minimum Gasteiger partial charge on any atom is -0.481 e. The minimum atomic E-state index is -0.739. The summed E-state index contributed by atoms with van der Waals surface area (Å²) in [4.78, 5) is 12.9. The van der Waals surface area contributed by atoms with Crippen LogP contribution in [0.2, 0.25) is 5.02 Å². The minimum absolute atomic E-state index is 0.194. The van der Waals surface area contributed by atoms with Crippen molar-refractivity contribution >= 4 is 17.6 Å². The molecular weight excluding hydrogens is 262 g/mol. The van der Waals surface area contributed by atoms with Crippen molar-refractivity contribution in [3.63, 3.8) is 0 Å². The van der Waals surface area contributed by atoms with E-state index in [9.17, 15) is 4.79 Å². The van der Waals surface area contributed by atoms with E-state index in [1.807, 2.05) is 24.3 Å². The molecule has 4 heteroatoms. The van der Waals surface area contributed by atoms with Gasteiger partial charge in [0.05, 0.1) is 6.42 Å². The van der Waals surface area contributed by atoms with Crippen LogP contribution in [0, 0.1) is 0 Å². The van der Waals surface area contributed by atoms with E-state index in [0.717, 1.165) is 24.5 Å². The van der Waals surface area contributed by atoms with Gasteiger partial charge in [0.2, 0.25) is 0 Å². The normalized spacial score (nSPS) is 10.9. The third-order valence-electron chi connectivity index (χ3n) is 3.04. The van der Waals surface area contributed by atoms with Gasteiger partial charge in [-0.3, -0.25) is 9.69 Å². The van der Waals surface area contributed by atoms with Gasteiger partial charge in [0.15, 0.2) is 0 Å². The number of hydrogen-bond donors (Lipinski definition) is 1. The van der Waals surface area contributed by atoms with Crippen LogP contribution in [0.5, 0.6) is 0 Å². The zero-order chi connectivity index (χ0) is 14.1. The number of hydrogen-bond acceptors (Lipinski definition) is 2. The molecule has 1 N–H and O–H groups in total. The third-order valence-corrected chi connectivity index (χ3v) is 3.29. The lowest BCUT2D eigenvalue weighted by Crippen LogP contribution is -2.27. The molecule has 0 heterocycles. The Morgan fingerprint density at radius 2 is 1.89 bits per heavy atom. The molecule has 3 nitrogen and oxygen atoms in total. The number of rotatable bonds is 9. The van der Waals surface area contributed by atoms with Crippen molar-refractivity contribution in [2.24, 2.45) is 0 Å². The summed E-state index contributed by atoms with van der Waals surface area (Å²) < 4.78 is 0. The van der Waals surface area contributed by atoms with Crippen LogP contribution < -0.4 is 0 Å². The highest BCUT2D eigenvalue weighted by molar-refractivity contribution is 6.30. The molecule has 0 aliphatic heterocycles. The van der Waals surface area contributed by atoms with Crippen molar-refractivity contribution in [1.82, 2.24) is 4.90 Å². The zero-order valence-electron chi connectivity index (χ0n) is 11.4. The second kappa shape index (κ2) is 8.94. The van der Waals surface area contributed by atoms with Crippen LogP contribution in [0.4, 0.5) is 0 Å². The van der Waals surface area contributed by atoms with Gasteiger partial charge in [0, 0.05) is 18.1 Å². The van der Waals surface area contributed by atoms with E-state index in [1.54, 1.807) is 0 Å². The first-order valence-corrected chi connectivity index (χ1v) is 7.18. The molecule has 0 saturated carbocycles. The standard InChI is InChI=1S/C15H22ClNO2/c1-2-3-4-10-17(11-9-15(18)19)12-13-5-7-14(16)8-6-13/h5-8H,2-4,9-12H2,1H3,(H,18,19). The molecule has 0 unspecified atom stereocenters. The predicted molar refractivity (Wildman–Crippen MR) is 78.5 cm³/mol. The molecule has 0 saturated heterocycles. The van der Waals surface area contributed by atoms with Crippen LogP contribution in [-0.4, -0.2) is 29.1 Å². The van der Waals surface area contributed by atoms with Crippen LogP contribution in [0.3, 0.4) is 0 Å². The summed E-state index contributed by atoms with van der Waals surface area (Å²) in [6.07, 6.45) is 3.67.